The minimum atomic E-state index is -0.986. The maximum absolute atomic E-state index is 13.6. The van der Waals surface area contributed by atoms with Gasteiger partial charge in [-0.2, -0.15) is 0 Å². The van der Waals surface area contributed by atoms with E-state index in [-0.39, 0.29) is 17.3 Å². The van der Waals surface area contributed by atoms with Crippen LogP contribution in [0.2, 0.25) is 5.02 Å². The van der Waals surface area contributed by atoms with Crippen molar-refractivity contribution < 1.29 is 23.5 Å². The third kappa shape index (κ3) is 3.60. The molecule has 0 aliphatic carbocycles. The Labute approximate surface area is 124 Å². The van der Waals surface area contributed by atoms with Crippen LogP contribution >= 0.6 is 11.6 Å². The number of hydrogen-bond acceptors (Lipinski definition) is 2. The summed E-state index contributed by atoms with van der Waals surface area (Å²) in [7, 11) is 0. The van der Waals surface area contributed by atoms with Crippen LogP contribution in [0.25, 0.3) is 0 Å². The van der Waals surface area contributed by atoms with Crippen molar-refractivity contribution in [1.29, 1.82) is 0 Å². The van der Waals surface area contributed by atoms with Crippen LogP contribution in [0, 0.1) is 17.6 Å². The number of aliphatic carboxylic acids is 1. The van der Waals surface area contributed by atoms with Crippen LogP contribution < -0.4 is 5.32 Å². The number of carbonyl (C=O) groups excluding carboxylic acids is 1. The lowest BCUT2D eigenvalue weighted by Gasteiger charge is -2.30. The quantitative estimate of drug-likeness (QED) is 0.881. The lowest BCUT2D eigenvalue weighted by Crippen LogP contribution is -2.44. The number of halogens is 3. The highest BCUT2D eigenvalue weighted by Crippen LogP contribution is 2.27. The van der Waals surface area contributed by atoms with Gasteiger partial charge in [0, 0.05) is 19.2 Å². The third-order valence-electron chi connectivity index (χ3n) is 3.30. The number of carbonyl (C=O) groups is 2. The molecule has 0 bridgehead atoms. The summed E-state index contributed by atoms with van der Waals surface area (Å²) >= 11 is 5.69. The van der Waals surface area contributed by atoms with Crippen molar-refractivity contribution in [2.75, 3.05) is 18.4 Å². The highest BCUT2D eigenvalue weighted by atomic mass is 35.5. The topological polar surface area (TPSA) is 69.6 Å². The fourth-order valence-corrected chi connectivity index (χ4v) is 2.45. The average Bonchev–Trinajstić information content (AvgIpc) is 2.42. The summed E-state index contributed by atoms with van der Waals surface area (Å²) in [6.45, 7) is 0.414. The van der Waals surface area contributed by atoms with Crippen molar-refractivity contribution in [2.24, 2.45) is 5.92 Å². The van der Waals surface area contributed by atoms with Crippen LogP contribution in [0.3, 0.4) is 0 Å². The van der Waals surface area contributed by atoms with E-state index in [1.807, 2.05) is 0 Å². The first-order valence-corrected chi connectivity index (χ1v) is 6.69. The van der Waals surface area contributed by atoms with Crippen molar-refractivity contribution in [3.05, 3.63) is 28.8 Å². The van der Waals surface area contributed by atoms with Crippen LogP contribution in [0.5, 0.6) is 0 Å². The van der Waals surface area contributed by atoms with Gasteiger partial charge in [0.25, 0.3) is 0 Å². The molecule has 2 N–H and O–H groups in total. The molecular weight excluding hydrogens is 306 g/mol. The summed E-state index contributed by atoms with van der Waals surface area (Å²) in [6.07, 6.45) is 1.04. The molecular formula is C13H13ClF2N2O3. The molecule has 2 amide bonds. The summed E-state index contributed by atoms with van der Waals surface area (Å²) in [5.41, 5.74) is -0.319. The fourth-order valence-electron chi connectivity index (χ4n) is 2.21. The minimum absolute atomic E-state index is 0.0433. The van der Waals surface area contributed by atoms with Gasteiger partial charge in [0.1, 0.15) is 5.82 Å². The van der Waals surface area contributed by atoms with Crippen molar-refractivity contribution in [2.45, 2.75) is 12.8 Å². The van der Waals surface area contributed by atoms with Gasteiger partial charge in [-0.15, -0.1) is 0 Å². The molecule has 1 aromatic carbocycles. The lowest BCUT2D eigenvalue weighted by atomic mass is 9.99. The molecule has 1 aliphatic rings. The highest BCUT2D eigenvalue weighted by Gasteiger charge is 2.28. The molecule has 1 heterocycles. The van der Waals surface area contributed by atoms with E-state index in [2.05, 4.69) is 5.32 Å². The van der Waals surface area contributed by atoms with Gasteiger partial charge in [-0.25, -0.2) is 13.6 Å². The Hall–Kier alpha value is -1.89. The SMILES string of the molecule is O=C(O)[C@@H]1CCCN(C(=O)Nc2c(F)cc(F)cc2Cl)C1. The lowest BCUT2D eigenvalue weighted by molar-refractivity contribution is -0.143. The van der Waals surface area contributed by atoms with E-state index in [1.165, 1.54) is 4.90 Å². The molecule has 1 saturated heterocycles. The van der Waals surface area contributed by atoms with E-state index < -0.39 is 29.6 Å². The molecule has 0 saturated carbocycles. The molecule has 0 unspecified atom stereocenters. The maximum atomic E-state index is 13.6. The van der Waals surface area contributed by atoms with Gasteiger partial charge in [0.05, 0.1) is 16.6 Å². The molecule has 2 rings (SSSR count). The van der Waals surface area contributed by atoms with E-state index in [0.717, 1.165) is 6.07 Å². The number of carboxylic acid groups (broad SMARTS) is 1. The van der Waals surface area contributed by atoms with Crippen molar-refractivity contribution >= 4 is 29.3 Å². The van der Waals surface area contributed by atoms with Gasteiger partial charge in [-0.05, 0) is 18.9 Å². The van der Waals surface area contributed by atoms with Gasteiger partial charge in [0.2, 0.25) is 0 Å². The van der Waals surface area contributed by atoms with Crippen LogP contribution in [0.1, 0.15) is 12.8 Å². The predicted molar refractivity (Wildman–Crippen MR) is 72.3 cm³/mol. The fraction of sp³-hybridized carbons (Fsp3) is 0.385. The minimum Gasteiger partial charge on any atom is -0.481 e. The maximum Gasteiger partial charge on any atom is 0.321 e. The highest BCUT2D eigenvalue weighted by molar-refractivity contribution is 6.33. The smallest absolute Gasteiger partial charge is 0.321 e. The number of nitrogens with zero attached hydrogens (tertiary/aromatic N) is 1. The zero-order chi connectivity index (χ0) is 15.6. The molecule has 1 atom stereocenters. The summed E-state index contributed by atoms with van der Waals surface area (Å²) in [4.78, 5) is 24.3. The first kappa shape index (κ1) is 15.5. The third-order valence-corrected chi connectivity index (χ3v) is 3.59. The van der Waals surface area contributed by atoms with E-state index in [9.17, 15) is 18.4 Å². The number of likely N-dealkylation sites (tertiary alicyclic amines) is 1. The number of amides is 2. The van der Waals surface area contributed by atoms with Gasteiger partial charge < -0.3 is 15.3 Å². The Kier molecular flexibility index (Phi) is 4.62. The number of urea groups is 1. The number of piperidine rings is 1. The molecule has 114 valence electrons. The zero-order valence-electron chi connectivity index (χ0n) is 10.9. The van der Waals surface area contributed by atoms with E-state index >= 15 is 0 Å². The second-order valence-corrected chi connectivity index (χ2v) is 5.21. The molecule has 0 aromatic heterocycles. The van der Waals surface area contributed by atoms with Gasteiger partial charge in [0.15, 0.2) is 5.82 Å². The van der Waals surface area contributed by atoms with Crippen LogP contribution in [0.4, 0.5) is 19.3 Å². The molecule has 21 heavy (non-hydrogen) atoms. The Morgan fingerprint density at radius 1 is 1.38 bits per heavy atom. The molecule has 8 heteroatoms. The second-order valence-electron chi connectivity index (χ2n) is 4.80. The van der Waals surface area contributed by atoms with Crippen molar-refractivity contribution in [3.8, 4) is 0 Å². The van der Waals surface area contributed by atoms with E-state index in [4.69, 9.17) is 16.7 Å². The Bertz CT molecular complexity index is 560. The van der Waals surface area contributed by atoms with Crippen LogP contribution in [-0.4, -0.2) is 35.1 Å². The van der Waals surface area contributed by atoms with Crippen LogP contribution in [-0.2, 0) is 4.79 Å². The monoisotopic (exact) mass is 318 g/mol. The Morgan fingerprint density at radius 2 is 2.10 bits per heavy atom. The largest absolute Gasteiger partial charge is 0.481 e. The number of rotatable bonds is 2. The van der Waals surface area contributed by atoms with Gasteiger partial charge in [-0.3, -0.25) is 4.79 Å². The normalized spacial score (nSPS) is 18.4. The Morgan fingerprint density at radius 3 is 2.71 bits per heavy atom. The number of hydrogen-bond donors (Lipinski definition) is 2. The molecule has 5 nitrogen and oxygen atoms in total. The number of benzene rings is 1. The molecule has 1 fully saturated rings. The molecule has 1 aliphatic heterocycles. The van der Waals surface area contributed by atoms with Crippen molar-refractivity contribution in [3.63, 3.8) is 0 Å². The predicted octanol–water partition coefficient (Wildman–Crippen LogP) is 2.95. The molecule has 0 spiro atoms. The standard InChI is InChI=1S/C13H13ClF2N2O3/c14-9-4-8(15)5-10(16)11(9)17-13(21)18-3-1-2-7(6-18)12(19)20/h4-5,7H,1-3,6H2,(H,17,21)(H,19,20)/t7-/m1/s1. The first-order chi connectivity index (χ1) is 9.88. The average molecular weight is 319 g/mol. The summed E-state index contributed by atoms with van der Waals surface area (Å²) < 4.78 is 26.5. The summed E-state index contributed by atoms with van der Waals surface area (Å²) in [6, 6.07) is 0.835. The number of nitrogens with one attached hydrogen (secondary N) is 1. The summed E-state index contributed by atoms with van der Waals surface area (Å²) in [5.74, 6) is -3.45. The molecule has 1 aromatic rings. The van der Waals surface area contributed by atoms with E-state index in [0.29, 0.717) is 25.5 Å². The molecule has 0 radical (unpaired) electrons. The van der Waals surface area contributed by atoms with E-state index in [1.54, 1.807) is 0 Å². The first-order valence-electron chi connectivity index (χ1n) is 6.31. The van der Waals surface area contributed by atoms with Crippen LogP contribution in [0.15, 0.2) is 12.1 Å². The zero-order valence-corrected chi connectivity index (χ0v) is 11.7. The second kappa shape index (κ2) is 6.26. The summed E-state index contributed by atoms with van der Waals surface area (Å²) in [5, 5.41) is 11.0. The number of anilines is 1. The Balaban J connectivity index is 2.10. The van der Waals surface area contributed by atoms with Gasteiger partial charge in [-0.1, -0.05) is 11.6 Å². The van der Waals surface area contributed by atoms with Gasteiger partial charge >= 0.3 is 12.0 Å². The number of carboxylic acids is 1. The van der Waals surface area contributed by atoms with Crippen molar-refractivity contribution in [1.82, 2.24) is 4.90 Å².